The molecule has 2 fully saturated rings. The van der Waals surface area contributed by atoms with E-state index < -0.39 is 0 Å². The van der Waals surface area contributed by atoms with E-state index in [0.717, 1.165) is 31.2 Å². The van der Waals surface area contributed by atoms with Crippen molar-refractivity contribution in [3.05, 3.63) is 71.0 Å². The van der Waals surface area contributed by atoms with Crippen LogP contribution in [0.15, 0.2) is 48.5 Å². The van der Waals surface area contributed by atoms with Gasteiger partial charge in [0.25, 0.3) is 5.91 Å². The third-order valence-corrected chi connectivity index (χ3v) is 6.63. The van der Waals surface area contributed by atoms with Gasteiger partial charge < -0.3 is 10.2 Å². The highest BCUT2D eigenvalue weighted by Gasteiger charge is 2.44. The molecule has 3 heterocycles. The van der Waals surface area contributed by atoms with Gasteiger partial charge in [-0.2, -0.15) is 0 Å². The predicted molar refractivity (Wildman–Crippen MR) is 103 cm³/mol. The summed E-state index contributed by atoms with van der Waals surface area (Å²) < 4.78 is 13.2. The minimum absolute atomic E-state index is 0.0913. The number of rotatable bonds is 3. The first-order valence-corrected chi connectivity index (χ1v) is 10.1. The van der Waals surface area contributed by atoms with Crippen molar-refractivity contribution in [3.63, 3.8) is 0 Å². The van der Waals surface area contributed by atoms with E-state index in [-0.39, 0.29) is 35.8 Å². The topological polar surface area (TPSA) is 49.4 Å². The molecule has 0 unspecified atom stereocenters. The Morgan fingerprint density at radius 2 is 1.71 bits per heavy atom. The third kappa shape index (κ3) is 2.89. The summed E-state index contributed by atoms with van der Waals surface area (Å²) >= 11 is 0. The normalized spacial score (nSPS) is 28.2. The molecule has 2 amide bonds. The molecule has 0 saturated carbocycles. The molecule has 144 valence electrons. The maximum absolute atomic E-state index is 13.2. The first kappa shape index (κ1) is 17.4. The van der Waals surface area contributed by atoms with Crippen LogP contribution in [0.4, 0.5) is 4.39 Å². The first-order valence-electron chi connectivity index (χ1n) is 10.1. The smallest absolute Gasteiger partial charge is 0.252 e. The lowest BCUT2D eigenvalue weighted by molar-refractivity contribution is -0.136. The van der Waals surface area contributed by atoms with Crippen molar-refractivity contribution in [1.29, 1.82) is 0 Å². The maximum Gasteiger partial charge on any atom is 0.252 e. The molecule has 0 aromatic heterocycles. The molecule has 5 rings (SSSR count). The van der Waals surface area contributed by atoms with Gasteiger partial charge in [0.15, 0.2) is 0 Å². The van der Waals surface area contributed by atoms with E-state index in [0.29, 0.717) is 17.9 Å². The zero-order valence-electron chi connectivity index (χ0n) is 15.6. The van der Waals surface area contributed by atoms with Crippen molar-refractivity contribution in [2.75, 3.05) is 0 Å². The van der Waals surface area contributed by atoms with Crippen molar-refractivity contribution >= 4 is 11.8 Å². The van der Waals surface area contributed by atoms with Gasteiger partial charge in [0, 0.05) is 17.6 Å². The summed E-state index contributed by atoms with van der Waals surface area (Å²) in [4.78, 5) is 27.4. The third-order valence-electron chi connectivity index (χ3n) is 6.63. The molecule has 2 bridgehead atoms. The van der Waals surface area contributed by atoms with Gasteiger partial charge in [0.05, 0.1) is 12.5 Å². The van der Waals surface area contributed by atoms with Gasteiger partial charge in [-0.05, 0) is 60.9 Å². The number of fused-ring (bicyclic) bond motifs is 3. The molecular formula is C23H23FN2O2. The summed E-state index contributed by atoms with van der Waals surface area (Å²) in [6.45, 7) is 0. The fourth-order valence-electron chi connectivity index (χ4n) is 5.35. The molecule has 3 aliphatic heterocycles. The SMILES string of the molecule is O=C1N[C@@H](CC(=O)N2[C@@H]3CC[C@@H]2CC(c2ccc(F)cc2)C3)c2ccccc21. The van der Waals surface area contributed by atoms with Crippen LogP contribution in [0.3, 0.4) is 0 Å². The van der Waals surface area contributed by atoms with Crippen LogP contribution in [0.5, 0.6) is 0 Å². The van der Waals surface area contributed by atoms with Gasteiger partial charge in [0.2, 0.25) is 5.91 Å². The van der Waals surface area contributed by atoms with Gasteiger partial charge in [-0.3, -0.25) is 9.59 Å². The van der Waals surface area contributed by atoms with Crippen LogP contribution in [-0.4, -0.2) is 28.8 Å². The Kier molecular flexibility index (Phi) is 4.18. The molecule has 2 saturated heterocycles. The van der Waals surface area contributed by atoms with Crippen molar-refractivity contribution in [1.82, 2.24) is 10.2 Å². The molecular weight excluding hydrogens is 355 g/mol. The van der Waals surface area contributed by atoms with Gasteiger partial charge in [-0.15, -0.1) is 0 Å². The number of benzene rings is 2. The molecule has 0 aliphatic carbocycles. The van der Waals surface area contributed by atoms with Crippen LogP contribution >= 0.6 is 0 Å². The molecule has 0 spiro atoms. The van der Waals surface area contributed by atoms with Crippen molar-refractivity contribution in [2.24, 2.45) is 0 Å². The summed E-state index contributed by atoms with van der Waals surface area (Å²) in [5, 5.41) is 2.96. The molecule has 1 N–H and O–H groups in total. The van der Waals surface area contributed by atoms with Crippen LogP contribution in [0.25, 0.3) is 0 Å². The van der Waals surface area contributed by atoms with E-state index in [1.54, 1.807) is 0 Å². The van der Waals surface area contributed by atoms with E-state index in [9.17, 15) is 14.0 Å². The Morgan fingerprint density at radius 1 is 1.04 bits per heavy atom. The van der Waals surface area contributed by atoms with E-state index >= 15 is 0 Å². The number of hydrogen-bond acceptors (Lipinski definition) is 2. The number of carbonyl (C=O) groups excluding carboxylic acids is 2. The van der Waals surface area contributed by atoms with Gasteiger partial charge in [-0.1, -0.05) is 30.3 Å². The molecule has 5 heteroatoms. The average Bonchev–Trinajstić information content (AvgIpc) is 3.16. The average molecular weight is 378 g/mol. The zero-order chi connectivity index (χ0) is 19.3. The number of hydrogen-bond donors (Lipinski definition) is 1. The maximum atomic E-state index is 13.2. The highest BCUT2D eigenvalue weighted by Crippen LogP contribution is 2.44. The Hall–Kier alpha value is -2.69. The molecule has 3 aliphatic rings. The van der Waals surface area contributed by atoms with Crippen LogP contribution in [0, 0.1) is 5.82 Å². The summed E-state index contributed by atoms with van der Waals surface area (Å²) in [5.74, 6) is 0.214. The number of halogens is 1. The van der Waals surface area contributed by atoms with Crippen molar-refractivity contribution in [3.8, 4) is 0 Å². The second kappa shape index (κ2) is 6.73. The standard InChI is InChI=1S/C23H23FN2O2/c24-16-7-5-14(6-8-16)15-11-17-9-10-18(12-15)26(17)22(27)13-21-19-3-1-2-4-20(19)23(28)25-21/h1-8,15,17-18,21H,9-13H2,(H,25,28)/t17-,18-,21+/m1/s1. The summed E-state index contributed by atoms with van der Waals surface area (Å²) in [7, 11) is 0. The van der Waals surface area contributed by atoms with Gasteiger partial charge >= 0.3 is 0 Å². The van der Waals surface area contributed by atoms with Crippen LogP contribution in [0.2, 0.25) is 0 Å². The monoisotopic (exact) mass is 378 g/mol. The number of piperidine rings is 1. The van der Waals surface area contributed by atoms with Crippen LogP contribution in [-0.2, 0) is 4.79 Å². The molecule has 28 heavy (non-hydrogen) atoms. The van der Waals surface area contributed by atoms with E-state index in [2.05, 4.69) is 10.2 Å². The van der Waals surface area contributed by atoms with Crippen LogP contribution < -0.4 is 5.32 Å². The number of nitrogens with zero attached hydrogens (tertiary/aromatic N) is 1. The van der Waals surface area contributed by atoms with E-state index in [4.69, 9.17) is 0 Å². The van der Waals surface area contributed by atoms with Gasteiger partial charge in [0.1, 0.15) is 5.82 Å². The number of carbonyl (C=O) groups is 2. The van der Waals surface area contributed by atoms with E-state index in [1.807, 2.05) is 36.4 Å². The highest BCUT2D eigenvalue weighted by atomic mass is 19.1. The first-order chi connectivity index (χ1) is 13.6. The lowest BCUT2D eigenvalue weighted by atomic mass is 9.84. The fourth-order valence-corrected chi connectivity index (χ4v) is 5.35. The van der Waals surface area contributed by atoms with Gasteiger partial charge in [-0.25, -0.2) is 4.39 Å². The zero-order valence-corrected chi connectivity index (χ0v) is 15.6. The van der Waals surface area contributed by atoms with E-state index in [1.165, 1.54) is 17.7 Å². The molecule has 3 atom stereocenters. The molecule has 2 aromatic carbocycles. The Balaban J connectivity index is 1.30. The lowest BCUT2D eigenvalue weighted by Crippen LogP contribution is -2.46. The number of nitrogens with one attached hydrogen (secondary N) is 1. The molecule has 4 nitrogen and oxygen atoms in total. The van der Waals surface area contributed by atoms with Crippen molar-refractivity contribution < 1.29 is 14.0 Å². The Labute approximate surface area is 163 Å². The Morgan fingerprint density at radius 3 is 2.43 bits per heavy atom. The summed E-state index contributed by atoms with van der Waals surface area (Å²) in [5.41, 5.74) is 2.77. The quantitative estimate of drug-likeness (QED) is 0.880. The second-order valence-corrected chi connectivity index (χ2v) is 8.22. The lowest BCUT2D eigenvalue weighted by Gasteiger charge is -2.39. The summed E-state index contributed by atoms with van der Waals surface area (Å²) in [6.07, 6.45) is 4.24. The Bertz CT molecular complexity index is 912. The minimum Gasteiger partial charge on any atom is -0.345 e. The minimum atomic E-state index is -0.231. The van der Waals surface area contributed by atoms with Crippen LogP contribution in [0.1, 0.15) is 65.5 Å². The number of amides is 2. The molecule has 2 aromatic rings. The largest absolute Gasteiger partial charge is 0.345 e. The summed E-state index contributed by atoms with van der Waals surface area (Å²) in [6, 6.07) is 14.6. The highest BCUT2D eigenvalue weighted by molar-refractivity contribution is 5.99. The second-order valence-electron chi connectivity index (χ2n) is 8.22. The molecule has 0 radical (unpaired) electrons. The predicted octanol–water partition coefficient (Wildman–Crippen LogP) is 3.94. The fraction of sp³-hybridized carbons (Fsp3) is 0.391. The van der Waals surface area contributed by atoms with Crippen molar-refractivity contribution in [2.45, 2.75) is 56.1 Å².